The van der Waals surface area contributed by atoms with Crippen LogP contribution in [0.5, 0.6) is 0 Å². The fourth-order valence-electron chi connectivity index (χ4n) is 0.581. The van der Waals surface area contributed by atoms with Crippen LogP contribution in [0.1, 0.15) is 17.3 Å². The van der Waals surface area contributed by atoms with Gasteiger partial charge in [0, 0.05) is 0 Å². The Kier molecular flexibility index (Phi) is 7.38. The summed E-state index contributed by atoms with van der Waals surface area (Å²) in [4.78, 5) is 20.0. The summed E-state index contributed by atoms with van der Waals surface area (Å²) >= 11 is 1.02. The van der Waals surface area contributed by atoms with Crippen LogP contribution < -0.4 is 0 Å². The van der Waals surface area contributed by atoms with Gasteiger partial charge in [-0.15, -0.1) is 0 Å². The molecule has 3 nitrogen and oxygen atoms in total. The second-order valence-electron chi connectivity index (χ2n) is 2.73. The van der Waals surface area contributed by atoms with Gasteiger partial charge in [0.1, 0.15) is 0 Å². The van der Waals surface area contributed by atoms with Crippen LogP contribution in [0, 0.1) is 0 Å². The zero-order valence-corrected chi connectivity index (χ0v) is 10.4. The van der Waals surface area contributed by atoms with Gasteiger partial charge < -0.3 is 5.11 Å². The quantitative estimate of drug-likeness (QED) is 0.740. The molecule has 1 aromatic carbocycles. The summed E-state index contributed by atoms with van der Waals surface area (Å²) in [6.07, 6.45) is 0. The van der Waals surface area contributed by atoms with Crippen molar-refractivity contribution in [2.24, 2.45) is 0 Å². The third kappa shape index (κ3) is 6.83. The Balaban J connectivity index is 0.000000292. The van der Waals surface area contributed by atoms with Crippen molar-refractivity contribution in [3.05, 3.63) is 35.9 Å². The molecule has 1 aromatic rings. The van der Waals surface area contributed by atoms with E-state index >= 15 is 0 Å². The molecule has 4 heteroatoms. The van der Waals surface area contributed by atoms with Crippen LogP contribution in [0.4, 0.5) is 0 Å². The van der Waals surface area contributed by atoms with Gasteiger partial charge in [-0.3, -0.25) is 0 Å². The summed E-state index contributed by atoms with van der Waals surface area (Å²) < 4.78 is 0.806. The Morgan fingerprint density at radius 2 is 1.71 bits per heavy atom. The average Bonchev–Trinajstić information content (AvgIpc) is 2.20. The van der Waals surface area contributed by atoms with E-state index in [0.717, 1.165) is 31.6 Å². The summed E-state index contributed by atoms with van der Waals surface area (Å²) in [6, 6.07) is 8.30. The van der Waals surface area contributed by atoms with Crippen molar-refractivity contribution in [2.45, 2.75) is 10.6 Å². The van der Waals surface area contributed by atoms with Gasteiger partial charge in [0.15, 0.2) is 0 Å². The van der Waals surface area contributed by atoms with Crippen LogP contribution in [0.15, 0.2) is 30.3 Å². The van der Waals surface area contributed by atoms with Gasteiger partial charge in [0.25, 0.3) is 0 Å². The molecule has 0 heterocycles. The molecule has 1 rings (SSSR count). The van der Waals surface area contributed by atoms with Crippen molar-refractivity contribution in [1.29, 1.82) is 0 Å². The summed E-state index contributed by atoms with van der Waals surface area (Å²) in [7, 11) is 0. The molecule has 0 aliphatic carbocycles. The summed E-state index contributed by atoms with van der Waals surface area (Å²) in [5.41, 5.74) is 0.331. The molecule has 0 saturated heterocycles. The molecule has 0 unspecified atom stereocenters. The van der Waals surface area contributed by atoms with Gasteiger partial charge in [-0.1, -0.05) is 18.2 Å². The molecule has 0 fully saturated rings. The molecule has 70 valence electrons. The van der Waals surface area contributed by atoms with E-state index < -0.39 is 5.97 Å². The number of carboxylic acid groups (broad SMARTS) is 1. The first-order valence-electron chi connectivity index (χ1n) is 4.35. The van der Waals surface area contributed by atoms with Crippen molar-refractivity contribution in [2.75, 3.05) is 0 Å². The van der Waals surface area contributed by atoms with E-state index in [4.69, 9.17) is 5.11 Å². The number of rotatable bonds is 2. The Hall–Kier alpha value is -0.640. The fraction of sp³-hybridized carbons (Fsp3) is 0.200. The van der Waals surface area contributed by atoms with Crippen LogP contribution in [0.25, 0.3) is 0 Å². The molecule has 0 aromatic heterocycles. The molecule has 0 radical (unpaired) electrons. The summed E-state index contributed by atoms with van der Waals surface area (Å²) in [5, 5.41) is 8.38. The van der Waals surface area contributed by atoms with Crippen LogP contribution in [-0.4, -0.2) is 44.8 Å². The molecule has 0 saturated carbocycles. The predicted molar refractivity (Wildman–Crippen MR) is 54.6 cm³/mol. The molecule has 0 amide bonds. The van der Waals surface area contributed by atoms with Gasteiger partial charge >= 0.3 is 55.1 Å². The minimum absolute atomic E-state index is 0.316. The Labute approximate surface area is 101 Å². The predicted octanol–water partition coefficient (Wildman–Crippen LogP) is 1.55. The van der Waals surface area contributed by atoms with Crippen molar-refractivity contribution >= 4 is 39.7 Å². The van der Waals surface area contributed by atoms with Crippen molar-refractivity contribution in [1.82, 2.24) is 0 Å². The number of Topliss-reactive ketones (excluding diaryl/α,β-unsaturated/α-hetero) is 1. The van der Waals surface area contributed by atoms with Crippen molar-refractivity contribution in [3.8, 4) is 0 Å². The molecular weight excluding hydrogens is 191 g/mol. The summed E-state index contributed by atoms with van der Waals surface area (Å²) in [6.45, 7) is 1.62. The number of aromatic carboxylic acids is 1. The monoisotopic (exact) mass is 202 g/mol. The number of carbonyl (C=O) groups excluding carboxylic acids is 1. The second kappa shape index (κ2) is 7.74. The normalized spacial score (nSPS) is 8.50. The molecule has 0 bridgehead atoms. The number of hydrogen-bond donors (Lipinski definition) is 1. The number of carboxylic acids is 1. The van der Waals surface area contributed by atoms with Gasteiger partial charge in [-0.05, 0) is 12.1 Å². The fourth-order valence-corrected chi connectivity index (χ4v) is 0.581. The van der Waals surface area contributed by atoms with E-state index in [1.165, 1.54) is 0 Å². The topological polar surface area (TPSA) is 54.4 Å². The van der Waals surface area contributed by atoms with Gasteiger partial charge in [0.2, 0.25) is 0 Å². The smallest absolute Gasteiger partial charge is 0.335 e. The summed E-state index contributed by atoms with van der Waals surface area (Å²) in [5.74, 6) is -0.563. The van der Waals surface area contributed by atoms with Gasteiger partial charge in [-0.2, -0.15) is 0 Å². The SMILES string of the molecule is CC(=O)[CH2][Na].O=C(O)c1ccccc1. The zero-order chi connectivity index (χ0) is 11.0. The Bertz CT molecular complexity index is 295. The van der Waals surface area contributed by atoms with Crippen LogP contribution in [0.2, 0.25) is 3.67 Å². The maximum absolute atomic E-state index is 10.2. The largest absolute Gasteiger partial charge is 0.478 e. The standard InChI is InChI=1S/C7H6O2.C3H5O.Na/c8-7(9)6-4-2-1-3-5-6;1-3(2)4;/h1-5H,(H,8,9);1H2,2H3;. The minimum Gasteiger partial charge on any atom is -0.478 e. The maximum atomic E-state index is 10.2. The third-order valence-electron chi connectivity index (χ3n) is 1.52. The van der Waals surface area contributed by atoms with Crippen LogP contribution in [0.3, 0.4) is 0 Å². The first kappa shape index (κ1) is 13.4. The molecule has 1 N–H and O–H groups in total. The molecule has 0 atom stereocenters. The number of hydrogen-bond acceptors (Lipinski definition) is 2. The Morgan fingerprint density at radius 3 is 1.93 bits per heavy atom. The van der Waals surface area contributed by atoms with Gasteiger partial charge in [-0.25, -0.2) is 4.79 Å². The van der Waals surface area contributed by atoms with Gasteiger partial charge in [0.05, 0.1) is 5.56 Å². The second-order valence-corrected chi connectivity index (χ2v) is 3.43. The first-order chi connectivity index (χ1) is 6.57. The third-order valence-corrected chi connectivity index (χ3v) is 2.51. The molecular formula is C10H11NaO3. The number of benzene rings is 1. The zero-order valence-electron chi connectivity index (χ0n) is 8.36. The van der Waals surface area contributed by atoms with Crippen molar-refractivity contribution in [3.63, 3.8) is 0 Å². The van der Waals surface area contributed by atoms with E-state index in [1.54, 1.807) is 37.3 Å². The molecule has 0 aliphatic rings. The number of ketones is 1. The number of carbonyl (C=O) groups is 2. The van der Waals surface area contributed by atoms with Crippen LogP contribution in [-0.2, 0) is 4.79 Å². The molecule has 14 heavy (non-hydrogen) atoms. The minimum atomic E-state index is -0.879. The Morgan fingerprint density at radius 1 is 1.29 bits per heavy atom. The maximum Gasteiger partial charge on any atom is 0.335 e. The van der Waals surface area contributed by atoms with E-state index in [9.17, 15) is 9.59 Å². The van der Waals surface area contributed by atoms with E-state index in [1.807, 2.05) is 0 Å². The van der Waals surface area contributed by atoms with Crippen LogP contribution >= 0.6 is 0 Å². The average molecular weight is 202 g/mol. The van der Waals surface area contributed by atoms with Crippen molar-refractivity contribution < 1.29 is 14.7 Å². The molecule has 0 aliphatic heterocycles. The van der Waals surface area contributed by atoms with E-state index in [-0.39, 0.29) is 0 Å². The van der Waals surface area contributed by atoms with E-state index in [0.29, 0.717) is 11.3 Å². The van der Waals surface area contributed by atoms with E-state index in [2.05, 4.69) is 0 Å². The molecule has 0 spiro atoms. The first-order valence-corrected chi connectivity index (χ1v) is 5.77.